The Labute approximate surface area is 134 Å². The normalized spacial score (nSPS) is 17.7. The molecule has 1 unspecified atom stereocenters. The Morgan fingerprint density at radius 2 is 2.22 bits per heavy atom. The maximum atomic E-state index is 13.4. The number of halogens is 1. The van der Waals surface area contributed by atoms with Gasteiger partial charge in [-0.15, -0.1) is 0 Å². The lowest BCUT2D eigenvalue weighted by molar-refractivity contribution is -0.147. The van der Waals surface area contributed by atoms with Crippen molar-refractivity contribution in [2.24, 2.45) is 0 Å². The number of ether oxygens (including phenoxy) is 2. The topological polar surface area (TPSA) is 67.9 Å². The van der Waals surface area contributed by atoms with Gasteiger partial charge in [-0.1, -0.05) is 12.1 Å². The van der Waals surface area contributed by atoms with Crippen LogP contribution in [-0.4, -0.2) is 56.2 Å². The van der Waals surface area contributed by atoms with Crippen LogP contribution in [-0.2, 0) is 14.3 Å². The first kappa shape index (κ1) is 17.2. The van der Waals surface area contributed by atoms with E-state index in [0.29, 0.717) is 19.6 Å². The van der Waals surface area contributed by atoms with Crippen LogP contribution in [0.5, 0.6) is 5.75 Å². The number of amides is 2. The van der Waals surface area contributed by atoms with Gasteiger partial charge in [0.2, 0.25) is 5.91 Å². The second-order valence-electron chi connectivity index (χ2n) is 5.20. The van der Waals surface area contributed by atoms with E-state index < -0.39 is 11.9 Å². The van der Waals surface area contributed by atoms with Gasteiger partial charge in [-0.2, -0.15) is 0 Å². The van der Waals surface area contributed by atoms with Crippen LogP contribution in [0.3, 0.4) is 0 Å². The maximum absolute atomic E-state index is 13.4. The standard InChI is InChI=1S/C16H21FN2O4/c1-18-16(21)14-11-19(8-10-23-14)15(20)7-4-9-22-13-6-3-2-5-12(13)17/h2-3,5-6,14H,4,7-11H2,1H3,(H,18,21). The summed E-state index contributed by atoms with van der Waals surface area (Å²) in [6, 6.07) is 6.16. The molecule has 0 spiro atoms. The van der Waals surface area contributed by atoms with Gasteiger partial charge in [0.1, 0.15) is 0 Å². The maximum Gasteiger partial charge on any atom is 0.250 e. The average molecular weight is 324 g/mol. The lowest BCUT2D eigenvalue weighted by Crippen LogP contribution is -2.51. The zero-order valence-corrected chi connectivity index (χ0v) is 13.1. The highest BCUT2D eigenvalue weighted by atomic mass is 19.1. The van der Waals surface area contributed by atoms with Crippen LogP contribution in [0.1, 0.15) is 12.8 Å². The minimum Gasteiger partial charge on any atom is -0.491 e. The van der Waals surface area contributed by atoms with Crippen LogP contribution in [0.2, 0.25) is 0 Å². The molecule has 1 fully saturated rings. The van der Waals surface area contributed by atoms with E-state index in [-0.39, 0.29) is 37.1 Å². The molecule has 1 aromatic rings. The molecule has 1 atom stereocenters. The van der Waals surface area contributed by atoms with Crippen molar-refractivity contribution >= 4 is 11.8 Å². The summed E-state index contributed by atoms with van der Waals surface area (Å²) in [6.07, 6.45) is 0.150. The largest absolute Gasteiger partial charge is 0.491 e. The fraction of sp³-hybridized carbons (Fsp3) is 0.500. The van der Waals surface area contributed by atoms with E-state index in [4.69, 9.17) is 9.47 Å². The van der Waals surface area contributed by atoms with Gasteiger partial charge >= 0.3 is 0 Å². The van der Waals surface area contributed by atoms with Crippen LogP contribution in [0.4, 0.5) is 4.39 Å². The van der Waals surface area contributed by atoms with E-state index in [1.165, 1.54) is 13.1 Å². The molecule has 0 saturated carbocycles. The molecule has 0 aromatic heterocycles. The van der Waals surface area contributed by atoms with E-state index in [2.05, 4.69) is 5.32 Å². The first-order valence-electron chi connectivity index (χ1n) is 7.60. The van der Waals surface area contributed by atoms with E-state index in [9.17, 15) is 14.0 Å². The minimum absolute atomic E-state index is 0.0562. The average Bonchev–Trinajstić information content (AvgIpc) is 2.59. The molecule has 1 aliphatic heterocycles. The summed E-state index contributed by atoms with van der Waals surface area (Å²) < 4.78 is 24.0. The summed E-state index contributed by atoms with van der Waals surface area (Å²) in [5.74, 6) is -0.517. The van der Waals surface area contributed by atoms with Crippen molar-refractivity contribution in [3.8, 4) is 5.75 Å². The van der Waals surface area contributed by atoms with Crippen molar-refractivity contribution < 1.29 is 23.5 Å². The molecular formula is C16H21FN2O4. The smallest absolute Gasteiger partial charge is 0.250 e. The number of rotatable bonds is 6. The molecular weight excluding hydrogens is 303 g/mol. The highest BCUT2D eigenvalue weighted by Crippen LogP contribution is 2.16. The fourth-order valence-electron chi connectivity index (χ4n) is 2.32. The summed E-state index contributed by atoms with van der Waals surface area (Å²) in [7, 11) is 1.53. The number of benzene rings is 1. The molecule has 7 heteroatoms. The predicted octanol–water partition coefficient (Wildman–Crippen LogP) is 0.958. The lowest BCUT2D eigenvalue weighted by Gasteiger charge is -2.32. The first-order valence-corrected chi connectivity index (χ1v) is 7.60. The van der Waals surface area contributed by atoms with Crippen LogP contribution in [0, 0.1) is 5.82 Å². The Hall–Kier alpha value is -2.15. The van der Waals surface area contributed by atoms with E-state index in [0.717, 1.165) is 0 Å². The van der Waals surface area contributed by atoms with Crippen LogP contribution in [0.25, 0.3) is 0 Å². The van der Waals surface area contributed by atoms with Crippen molar-refractivity contribution in [2.45, 2.75) is 18.9 Å². The molecule has 1 saturated heterocycles. The van der Waals surface area contributed by atoms with Gasteiger partial charge in [-0.3, -0.25) is 9.59 Å². The Bertz CT molecular complexity index is 553. The Morgan fingerprint density at radius 1 is 1.43 bits per heavy atom. The van der Waals surface area contributed by atoms with Crippen molar-refractivity contribution in [2.75, 3.05) is 33.4 Å². The van der Waals surface area contributed by atoms with Gasteiger partial charge in [0, 0.05) is 20.0 Å². The quantitative estimate of drug-likeness (QED) is 0.792. The second-order valence-corrected chi connectivity index (χ2v) is 5.20. The van der Waals surface area contributed by atoms with Crippen molar-refractivity contribution in [1.82, 2.24) is 10.2 Å². The Balaban J connectivity index is 1.72. The molecule has 2 amide bonds. The van der Waals surface area contributed by atoms with Gasteiger partial charge in [-0.05, 0) is 18.6 Å². The number of hydrogen-bond donors (Lipinski definition) is 1. The summed E-state index contributed by atoms with van der Waals surface area (Å²) in [4.78, 5) is 25.3. The molecule has 126 valence electrons. The summed E-state index contributed by atoms with van der Waals surface area (Å²) >= 11 is 0. The van der Waals surface area contributed by atoms with Crippen LogP contribution >= 0.6 is 0 Å². The number of nitrogens with zero attached hydrogens (tertiary/aromatic N) is 1. The molecule has 6 nitrogen and oxygen atoms in total. The number of carbonyl (C=O) groups excluding carboxylic acids is 2. The van der Waals surface area contributed by atoms with Crippen molar-refractivity contribution in [3.05, 3.63) is 30.1 Å². The molecule has 1 N–H and O–H groups in total. The molecule has 2 rings (SSSR count). The Kier molecular flexibility index (Phi) is 6.34. The van der Waals surface area contributed by atoms with Crippen LogP contribution < -0.4 is 10.1 Å². The monoisotopic (exact) mass is 324 g/mol. The zero-order valence-electron chi connectivity index (χ0n) is 13.1. The predicted molar refractivity (Wildman–Crippen MR) is 81.5 cm³/mol. The Morgan fingerprint density at radius 3 is 2.96 bits per heavy atom. The van der Waals surface area contributed by atoms with Gasteiger partial charge in [-0.25, -0.2) is 4.39 Å². The molecule has 1 heterocycles. The van der Waals surface area contributed by atoms with Gasteiger partial charge in [0.15, 0.2) is 17.7 Å². The number of nitrogens with one attached hydrogen (secondary N) is 1. The number of hydrogen-bond acceptors (Lipinski definition) is 4. The third-order valence-corrected chi connectivity index (χ3v) is 3.59. The minimum atomic E-state index is -0.618. The number of likely N-dealkylation sites (N-methyl/N-ethyl adjacent to an activating group) is 1. The number of carbonyl (C=O) groups is 2. The van der Waals surface area contributed by atoms with Crippen molar-refractivity contribution in [3.63, 3.8) is 0 Å². The van der Waals surface area contributed by atoms with E-state index in [1.807, 2.05) is 0 Å². The van der Waals surface area contributed by atoms with E-state index >= 15 is 0 Å². The fourth-order valence-corrected chi connectivity index (χ4v) is 2.32. The third-order valence-electron chi connectivity index (χ3n) is 3.59. The summed E-state index contributed by atoms with van der Waals surface area (Å²) in [5, 5.41) is 2.51. The third kappa shape index (κ3) is 4.92. The van der Waals surface area contributed by atoms with Gasteiger partial charge < -0.3 is 19.7 Å². The van der Waals surface area contributed by atoms with E-state index in [1.54, 1.807) is 23.1 Å². The highest BCUT2D eigenvalue weighted by molar-refractivity contribution is 5.82. The number of morpholine rings is 1. The molecule has 0 aliphatic carbocycles. The lowest BCUT2D eigenvalue weighted by atomic mass is 10.2. The van der Waals surface area contributed by atoms with Crippen molar-refractivity contribution in [1.29, 1.82) is 0 Å². The summed E-state index contributed by atoms with van der Waals surface area (Å²) in [5.41, 5.74) is 0. The first-order chi connectivity index (χ1) is 11.1. The number of para-hydroxylation sites is 1. The van der Waals surface area contributed by atoms with Gasteiger partial charge in [0.25, 0.3) is 5.91 Å². The molecule has 1 aromatic carbocycles. The molecule has 23 heavy (non-hydrogen) atoms. The molecule has 0 radical (unpaired) electrons. The second kappa shape index (κ2) is 8.47. The van der Waals surface area contributed by atoms with Gasteiger partial charge in [0.05, 0.1) is 19.8 Å². The molecule has 1 aliphatic rings. The zero-order chi connectivity index (χ0) is 16.7. The molecule has 0 bridgehead atoms. The summed E-state index contributed by atoms with van der Waals surface area (Å²) in [6.45, 7) is 1.33. The SMILES string of the molecule is CNC(=O)C1CN(C(=O)CCCOc2ccccc2F)CCO1. The van der Waals surface area contributed by atoms with Crippen LogP contribution in [0.15, 0.2) is 24.3 Å². The highest BCUT2D eigenvalue weighted by Gasteiger charge is 2.28.